The lowest BCUT2D eigenvalue weighted by molar-refractivity contribution is 0.0692. The summed E-state index contributed by atoms with van der Waals surface area (Å²) in [6.45, 7) is 0. The maximum Gasteiger partial charge on any atom is 0.339 e. The van der Waals surface area contributed by atoms with Gasteiger partial charge in [-0.2, -0.15) is 4.39 Å². The summed E-state index contributed by atoms with van der Waals surface area (Å²) in [4.78, 5) is 10.5. The molecule has 0 unspecified atom stereocenters. The van der Waals surface area contributed by atoms with E-state index in [-0.39, 0.29) is 11.4 Å². The Morgan fingerprint density at radius 3 is 2.64 bits per heavy atom. The first-order valence-corrected chi connectivity index (χ1v) is 3.57. The fourth-order valence-electron chi connectivity index (χ4n) is 1.01. The Hall–Kier alpha value is -1.98. The van der Waals surface area contributed by atoms with Gasteiger partial charge in [-0.1, -0.05) is 0 Å². The number of hydrogen-bond acceptors (Lipinski definition) is 4. The molecule has 0 spiro atoms. The Morgan fingerprint density at radius 1 is 1.64 bits per heavy atom. The predicted octanol–water partition coefficient (Wildman–Crippen LogP) is 0.820. The van der Waals surface area contributed by atoms with Gasteiger partial charge in [-0.25, -0.2) is 4.79 Å². The van der Waals surface area contributed by atoms with Crippen LogP contribution in [0.25, 0.3) is 0 Å². The molecule has 0 fully saturated rings. The van der Waals surface area contributed by atoms with Crippen LogP contribution in [0.1, 0.15) is 10.4 Å². The van der Waals surface area contributed by atoms with E-state index in [2.05, 4.69) is 4.74 Å². The first-order chi connectivity index (χ1) is 6.49. The fourth-order valence-corrected chi connectivity index (χ4v) is 1.01. The third-order valence-corrected chi connectivity index (χ3v) is 1.66. The largest absolute Gasteiger partial charge is 0.504 e. The molecule has 0 bridgehead atoms. The zero-order valence-electron chi connectivity index (χ0n) is 7.24. The molecule has 14 heavy (non-hydrogen) atoms. The maximum absolute atomic E-state index is 13.2. The molecule has 0 aliphatic heterocycles. The molecule has 5 nitrogen and oxygen atoms in total. The first kappa shape index (κ1) is 10.1. The van der Waals surface area contributed by atoms with Crippen molar-refractivity contribution in [1.82, 2.24) is 0 Å². The fraction of sp³-hybridized carbons (Fsp3) is 0.125. The van der Waals surface area contributed by atoms with Gasteiger partial charge in [0.2, 0.25) is 5.82 Å². The molecule has 0 amide bonds. The summed E-state index contributed by atoms with van der Waals surface area (Å²) in [5, 5.41) is 17.7. The van der Waals surface area contributed by atoms with E-state index in [9.17, 15) is 9.18 Å². The van der Waals surface area contributed by atoms with Gasteiger partial charge < -0.3 is 20.7 Å². The first-order valence-electron chi connectivity index (χ1n) is 3.57. The number of anilines is 1. The van der Waals surface area contributed by atoms with Crippen LogP contribution in [0.3, 0.4) is 0 Å². The summed E-state index contributed by atoms with van der Waals surface area (Å²) in [5.41, 5.74) is 4.52. The van der Waals surface area contributed by atoms with Crippen molar-refractivity contribution in [3.8, 4) is 11.5 Å². The van der Waals surface area contributed by atoms with Crippen molar-refractivity contribution in [1.29, 1.82) is 0 Å². The molecule has 0 heterocycles. The van der Waals surface area contributed by atoms with Crippen molar-refractivity contribution < 1.29 is 24.1 Å². The average Bonchev–Trinajstić information content (AvgIpc) is 2.12. The van der Waals surface area contributed by atoms with Crippen molar-refractivity contribution in [3.63, 3.8) is 0 Å². The van der Waals surface area contributed by atoms with Crippen LogP contribution < -0.4 is 10.5 Å². The van der Waals surface area contributed by atoms with E-state index in [1.807, 2.05) is 0 Å². The smallest absolute Gasteiger partial charge is 0.339 e. The van der Waals surface area contributed by atoms with Gasteiger partial charge >= 0.3 is 5.97 Å². The molecular formula is C8H8FNO4. The highest BCUT2D eigenvalue weighted by Crippen LogP contribution is 2.34. The van der Waals surface area contributed by atoms with Crippen LogP contribution in [0.2, 0.25) is 0 Å². The quantitative estimate of drug-likeness (QED) is 0.486. The lowest BCUT2D eigenvalue weighted by Gasteiger charge is -2.08. The lowest BCUT2D eigenvalue weighted by Crippen LogP contribution is -2.03. The van der Waals surface area contributed by atoms with Gasteiger partial charge in [0.1, 0.15) is 5.56 Å². The van der Waals surface area contributed by atoms with E-state index in [1.54, 1.807) is 0 Å². The van der Waals surface area contributed by atoms with Crippen LogP contribution in [0.15, 0.2) is 6.07 Å². The number of carboxylic acid groups (broad SMARTS) is 1. The number of phenols is 1. The third-order valence-electron chi connectivity index (χ3n) is 1.66. The second kappa shape index (κ2) is 3.41. The molecule has 6 heteroatoms. The van der Waals surface area contributed by atoms with Gasteiger partial charge in [0.25, 0.3) is 0 Å². The number of nitrogen functional groups attached to an aromatic ring is 1. The van der Waals surface area contributed by atoms with E-state index in [0.29, 0.717) is 0 Å². The van der Waals surface area contributed by atoms with Gasteiger partial charge in [-0.05, 0) is 6.07 Å². The van der Waals surface area contributed by atoms with Crippen molar-refractivity contribution in [2.24, 2.45) is 0 Å². The number of aromatic hydroxyl groups is 1. The van der Waals surface area contributed by atoms with Gasteiger partial charge in [-0.15, -0.1) is 0 Å². The SMILES string of the molecule is COc1c(N)cc(C(=O)O)c(O)c1F. The summed E-state index contributed by atoms with van der Waals surface area (Å²) < 4.78 is 17.7. The van der Waals surface area contributed by atoms with Crippen LogP contribution in [0.5, 0.6) is 11.5 Å². The van der Waals surface area contributed by atoms with Crippen molar-refractivity contribution in [2.45, 2.75) is 0 Å². The van der Waals surface area contributed by atoms with Gasteiger partial charge in [0, 0.05) is 0 Å². The standard InChI is InChI=1S/C8H8FNO4/c1-14-7-4(10)2-3(8(12)13)6(11)5(7)9/h2,11H,10H2,1H3,(H,12,13). The normalized spacial score (nSPS) is 9.86. The Balaban J connectivity index is 3.47. The molecule has 76 valence electrons. The summed E-state index contributed by atoms with van der Waals surface area (Å²) in [5.74, 6) is -3.99. The molecule has 0 saturated carbocycles. The van der Waals surface area contributed by atoms with Gasteiger partial charge in [-0.3, -0.25) is 0 Å². The predicted molar refractivity (Wildman–Crippen MR) is 46.0 cm³/mol. The van der Waals surface area contributed by atoms with E-state index in [4.69, 9.17) is 15.9 Å². The Kier molecular flexibility index (Phi) is 2.46. The number of methoxy groups -OCH3 is 1. The lowest BCUT2D eigenvalue weighted by atomic mass is 10.1. The molecule has 0 radical (unpaired) electrons. The minimum atomic E-state index is -1.46. The van der Waals surface area contributed by atoms with Crippen LogP contribution in [0, 0.1) is 5.82 Å². The van der Waals surface area contributed by atoms with Gasteiger partial charge in [0.05, 0.1) is 12.8 Å². The number of rotatable bonds is 2. The zero-order chi connectivity index (χ0) is 10.9. The summed E-state index contributed by atoms with van der Waals surface area (Å²) in [7, 11) is 1.16. The Bertz CT molecular complexity index is 391. The second-order valence-corrected chi connectivity index (χ2v) is 2.51. The summed E-state index contributed by atoms with van der Waals surface area (Å²) in [6.07, 6.45) is 0. The summed E-state index contributed by atoms with van der Waals surface area (Å²) >= 11 is 0. The van der Waals surface area contributed by atoms with E-state index >= 15 is 0 Å². The molecule has 1 rings (SSSR count). The molecule has 1 aromatic rings. The zero-order valence-corrected chi connectivity index (χ0v) is 7.24. The van der Waals surface area contributed by atoms with Crippen molar-refractivity contribution >= 4 is 11.7 Å². The second-order valence-electron chi connectivity index (χ2n) is 2.51. The summed E-state index contributed by atoms with van der Waals surface area (Å²) in [6, 6.07) is 0.930. The van der Waals surface area contributed by atoms with E-state index in [0.717, 1.165) is 13.2 Å². The number of hydrogen-bond donors (Lipinski definition) is 3. The minimum absolute atomic E-state index is 0.180. The van der Waals surface area contributed by atoms with Crippen molar-refractivity contribution in [2.75, 3.05) is 12.8 Å². The number of carbonyl (C=O) groups is 1. The molecule has 1 aromatic carbocycles. The number of benzene rings is 1. The monoisotopic (exact) mass is 201 g/mol. The minimum Gasteiger partial charge on any atom is -0.504 e. The molecule has 0 saturated heterocycles. The Labute approximate surface area is 78.5 Å². The highest BCUT2D eigenvalue weighted by molar-refractivity contribution is 5.92. The number of carboxylic acids is 1. The van der Waals surface area contributed by atoms with Crippen molar-refractivity contribution in [3.05, 3.63) is 17.4 Å². The number of nitrogens with two attached hydrogens (primary N) is 1. The molecule has 0 aliphatic rings. The van der Waals surface area contributed by atoms with E-state index in [1.165, 1.54) is 0 Å². The van der Waals surface area contributed by atoms with Gasteiger partial charge in [0.15, 0.2) is 11.5 Å². The molecule has 0 aliphatic carbocycles. The highest BCUT2D eigenvalue weighted by atomic mass is 19.1. The third kappa shape index (κ3) is 1.41. The molecule has 0 aromatic heterocycles. The number of ether oxygens (including phenoxy) is 1. The highest BCUT2D eigenvalue weighted by Gasteiger charge is 2.20. The number of halogens is 1. The Morgan fingerprint density at radius 2 is 2.21 bits per heavy atom. The number of aromatic carboxylic acids is 1. The molecule has 0 atom stereocenters. The van der Waals surface area contributed by atoms with E-state index < -0.39 is 23.1 Å². The average molecular weight is 201 g/mol. The van der Waals surface area contributed by atoms with Crippen LogP contribution in [0.4, 0.5) is 10.1 Å². The van der Waals surface area contributed by atoms with Crippen LogP contribution in [-0.2, 0) is 0 Å². The topological polar surface area (TPSA) is 92.8 Å². The van der Waals surface area contributed by atoms with Crippen LogP contribution in [-0.4, -0.2) is 23.3 Å². The van der Waals surface area contributed by atoms with Crippen LogP contribution >= 0.6 is 0 Å². The molecular weight excluding hydrogens is 193 g/mol. The molecule has 4 N–H and O–H groups in total. The maximum atomic E-state index is 13.2.